The van der Waals surface area contributed by atoms with Crippen molar-refractivity contribution in [2.75, 3.05) is 37.7 Å². The Bertz CT molecular complexity index is 712. The average molecular weight is 320 g/mol. The van der Waals surface area contributed by atoms with Gasteiger partial charge in [-0.25, -0.2) is 0 Å². The number of hydrogen-bond acceptors (Lipinski definition) is 3. The molecule has 1 heterocycles. The van der Waals surface area contributed by atoms with Crippen molar-refractivity contribution in [1.29, 1.82) is 0 Å². The molecule has 0 spiro atoms. The first-order chi connectivity index (χ1) is 11.8. The van der Waals surface area contributed by atoms with E-state index in [9.17, 15) is 4.79 Å². The molecule has 0 saturated carbocycles. The van der Waals surface area contributed by atoms with Gasteiger partial charge in [0.25, 0.3) is 5.91 Å². The summed E-state index contributed by atoms with van der Waals surface area (Å²) in [6.07, 6.45) is 5.17. The third-order valence-corrected chi connectivity index (χ3v) is 4.11. The smallest absolute Gasteiger partial charge is 0.253 e. The normalized spacial score (nSPS) is 14.1. The topological polar surface area (TPSA) is 32.8 Å². The molecule has 1 aliphatic heterocycles. The fourth-order valence-electron chi connectivity index (χ4n) is 2.81. The van der Waals surface area contributed by atoms with Crippen molar-refractivity contribution >= 4 is 11.6 Å². The maximum atomic E-state index is 12.6. The van der Waals surface area contributed by atoms with E-state index in [-0.39, 0.29) is 12.5 Å². The lowest BCUT2D eigenvalue weighted by molar-refractivity contribution is 0.0747. The highest BCUT2D eigenvalue weighted by Crippen LogP contribution is 2.18. The van der Waals surface area contributed by atoms with Gasteiger partial charge in [-0.3, -0.25) is 4.79 Å². The monoisotopic (exact) mass is 320 g/mol. The highest BCUT2D eigenvalue weighted by atomic mass is 16.5. The van der Waals surface area contributed by atoms with Crippen LogP contribution in [0.4, 0.5) is 5.69 Å². The first kappa shape index (κ1) is 15.9. The molecule has 4 nitrogen and oxygen atoms in total. The zero-order valence-corrected chi connectivity index (χ0v) is 13.5. The van der Waals surface area contributed by atoms with Crippen LogP contribution in [-0.4, -0.2) is 43.6 Å². The molecule has 2 aromatic carbocycles. The van der Waals surface area contributed by atoms with Crippen LogP contribution in [0.1, 0.15) is 10.4 Å². The molecule has 0 N–H and O–H groups in total. The molecular formula is C20H20N2O2. The maximum absolute atomic E-state index is 12.6. The van der Waals surface area contributed by atoms with Crippen molar-refractivity contribution in [3.63, 3.8) is 0 Å². The van der Waals surface area contributed by atoms with Gasteiger partial charge >= 0.3 is 0 Å². The van der Waals surface area contributed by atoms with Gasteiger partial charge in [0.2, 0.25) is 0 Å². The van der Waals surface area contributed by atoms with Crippen LogP contribution in [0.15, 0.2) is 54.6 Å². The molecule has 122 valence electrons. The second-order valence-corrected chi connectivity index (χ2v) is 5.63. The summed E-state index contributed by atoms with van der Waals surface area (Å²) in [5.74, 6) is 3.16. The molecule has 0 unspecified atom stereocenters. The van der Waals surface area contributed by atoms with Crippen LogP contribution < -0.4 is 9.64 Å². The van der Waals surface area contributed by atoms with Crippen molar-refractivity contribution in [2.24, 2.45) is 0 Å². The molecule has 1 amide bonds. The first-order valence-corrected chi connectivity index (χ1v) is 8.03. The molecule has 0 bridgehead atoms. The number of ether oxygens (including phenoxy) is 1. The van der Waals surface area contributed by atoms with Crippen molar-refractivity contribution in [2.45, 2.75) is 0 Å². The van der Waals surface area contributed by atoms with Gasteiger partial charge in [0.1, 0.15) is 12.4 Å². The number of rotatable bonds is 4. The third-order valence-electron chi connectivity index (χ3n) is 4.11. The quantitative estimate of drug-likeness (QED) is 0.812. The van der Waals surface area contributed by atoms with E-state index in [1.54, 1.807) is 24.3 Å². The summed E-state index contributed by atoms with van der Waals surface area (Å²) in [7, 11) is 0. The van der Waals surface area contributed by atoms with E-state index in [1.807, 2.05) is 23.1 Å². The van der Waals surface area contributed by atoms with Gasteiger partial charge in [-0.05, 0) is 36.4 Å². The molecule has 0 aromatic heterocycles. The van der Waals surface area contributed by atoms with E-state index < -0.39 is 0 Å². The minimum absolute atomic E-state index is 0.0613. The molecule has 0 radical (unpaired) electrons. The molecule has 24 heavy (non-hydrogen) atoms. The Morgan fingerprint density at radius 2 is 1.67 bits per heavy atom. The van der Waals surface area contributed by atoms with Crippen LogP contribution in [0.3, 0.4) is 0 Å². The second-order valence-electron chi connectivity index (χ2n) is 5.63. The Morgan fingerprint density at radius 3 is 2.29 bits per heavy atom. The Hall–Kier alpha value is -2.93. The predicted molar refractivity (Wildman–Crippen MR) is 95.3 cm³/mol. The highest BCUT2D eigenvalue weighted by Gasteiger charge is 2.22. The van der Waals surface area contributed by atoms with Gasteiger partial charge in [0, 0.05) is 37.4 Å². The van der Waals surface area contributed by atoms with Crippen molar-refractivity contribution in [1.82, 2.24) is 4.90 Å². The van der Waals surface area contributed by atoms with Gasteiger partial charge in [0.15, 0.2) is 0 Å². The van der Waals surface area contributed by atoms with E-state index in [4.69, 9.17) is 11.2 Å². The van der Waals surface area contributed by atoms with Gasteiger partial charge in [-0.2, -0.15) is 0 Å². The summed E-state index contributed by atoms with van der Waals surface area (Å²) in [4.78, 5) is 16.8. The van der Waals surface area contributed by atoms with E-state index in [2.05, 4.69) is 23.0 Å². The van der Waals surface area contributed by atoms with Crippen LogP contribution in [0.2, 0.25) is 0 Å². The highest BCUT2D eigenvalue weighted by molar-refractivity contribution is 5.94. The van der Waals surface area contributed by atoms with E-state index >= 15 is 0 Å². The van der Waals surface area contributed by atoms with Crippen molar-refractivity contribution < 1.29 is 9.53 Å². The molecule has 0 atom stereocenters. The predicted octanol–water partition coefficient (Wildman–Crippen LogP) is 2.66. The minimum atomic E-state index is 0.0613. The number of carbonyl (C=O) groups excluding carboxylic acids is 1. The van der Waals surface area contributed by atoms with Crippen LogP contribution in [0, 0.1) is 12.3 Å². The van der Waals surface area contributed by atoms with Crippen LogP contribution in [0.25, 0.3) is 0 Å². The van der Waals surface area contributed by atoms with Gasteiger partial charge in [-0.1, -0.05) is 24.1 Å². The number of benzene rings is 2. The summed E-state index contributed by atoms with van der Waals surface area (Å²) in [6.45, 7) is 3.37. The molecule has 1 aliphatic rings. The summed E-state index contributed by atoms with van der Waals surface area (Å²) >= 11 is 0. The number of anilines is 1. The molecule has 1 fully saturated rings. The van der Waals surface area contributed by atoms with Crippen molar-refractivity contribution in [3.8, 4) is 18.1 Å². The van der Waals surface area contributed by atoms with E-state index in [0.717, 1.165) is 26.2 Å². The summed E-state index contributed by atoms with van der Waals surface area (Å²) in [6, 6.07) is 17.4. The van der Waals surface area contributed by atoms with Gasteiger partial charge < -0.3 is 14.5 Å². The number of amides is 1. The summed E-state index contributed by atoms with van der Waals surface area (Å²) in [5, 5.41) is 0. The van der Waals surface area contributed by atoms with Crippen LogP contribution in [-0.2, 0) is 0 Å². The number of nitrogens with zero attached hydrogens (tertiary/aromatic N) is 2. The zero-order chi connectivity index (χ0) is 16.8. The molecule has 3 rings (SSSR count). The lowest BCUT2D eigenvalue weighted by atomic mass is 10.1. The fraction of sp³-hybridized carbons (Fsp3) is 0.250. The van der Waals surface area contributed by atoms with Crippen molar-refractivity contribution in [3.05, 3.63) is 60.2 Å². The molecule has 2 aromatic rings. The zero-order valence-electron chi connectivity index (χ0n) is 13.5. The van der Waals surface area contributed by atoms with Crippen LogP contribution in [0.5, 0.6) is 5.75 Å². The Kier molecular flexibility index (Phi) is 5.02. The molecule has 1 saturated heterocycles. The third kappa shape index (κ3) is 3.69. The number of para-hydroxylation sites is 1. The number of hydrogen-bond donors (Lipinski definition) is 0. The number of terminal acetylenes is 1. The van der Waals surface area contributed by atoms with E-state index in [1.165, 1.54) is 5.69 Å². The molecular weight excluding hydrogens is 300 g/mol. The van der Waals surface area contributed by atoms with Gasteiger partial charge in [-0.15, -0.1) is 6.42 Å². The Morgan fingerprint density at radius 1 is 1.00 bits per heavy atom. The van der Waals surface area contributed by atoms with Gasteiger partial charge in [0.05, 0.1) is 0 Å². The lowest BCUT2D eigenvalue weighted by Gasteiger charge is -2.36. The van der Waals surface area contributed by atoms with Crippen LogP contribution >= 0.6 is 0 Å². The first-order valence-electron chi connectivity index (χ1n) is 8.03. The Balaban J connectivity index is 1.58. The minimum Gasteiger partial charge on any atom is -0.481 e. The van der Waals surface area contributed by atoms with E-state index in [0.29, 0.717) is 11.3 Å². The molecule has 0 aliphatic carbocycles. The second kappa shape index (κ2) is 7.56. The standard InChI is InChI=1S/C20H20N2O2/c1-2-16-24-19-10-8-17(9-11-19)20(23)22-14-12-21(13-15-22)18-6-4-3-5-7-18/h1,3-11H,12-16H2. The Labute approximate surface area is 142 Å². The largest absolute Gasteiger partial charge is 0.481 e. The molecule has 4 heteroatoms. The fourth-order valence-corrected chi connectivity index (χ4v) is 2.81. The summed E-state index contributed by atoms with van der Waals surface area (Å²) < 4.78 is 5.33. The lowest BCUT2D eigenvalue weighted by Crippen LogP contribution is -2.48. The SMILES string of the molecule is C#CCOc1ccc(C(=O)N2CCN(c3ccccc3)CC2)cc1. The average Bonchev–Trinajstić information content (AvgIpc) is 2.67. The number of carbonyl (C=O) groups is 1. The number of piperazine rings is 1. The summed E-state index contributed by atoms with van der Waals surface area (Å²) in [5.41, 5.74) is 1.89. The maximum Gasteiger partial charge on any atom is 0.253 e.